The van der Waals surface area contributed by atoms with Crippen molar-refractivity contribution in [2.45, 2.75) is 17.7 Å². The molecule has 0 atom stereocenters. The molecule has 118 valence electrons. The van der Waals surface area contributed by atoms with E-state index in [1.54, 1.807) is 5.38 Å². The van der Waals surface area contributed by atoms with E-state index >= 15 is 0 Å². The Bertz CT molecular complexity index is 758. The number of hydrogen-bond donors (Lipinski definition) is 0. The highest BCUT2D eigenvalue weighted by Gasteiger charge is 2.29. The number of rotatable bonds is 6. The normalized spacial score (nSPS) is 14.8. The lowest BCUT2D eigenvalue weighted by Gasteiger charge is -2.18. The molecule has 1 heterocycles. The highest BCUT2D eigenvalue weighted by molar-refractivity contribution is 7.93. The van der Waals surface area contributed by atoms with Crippen molar-refractivity contribution in [2.24, 2.45) is 5.92 Å². The van der Waals surface area contributed by atoms with Crippen molar-refractivity contribution in [1.29, 1.82) is 0 Å². The molecule has 0 spiro atoms. The summed E-state index contributed by atoms with van der Waals surface area (Å²) in [7, 11) is -2.53. The zero-order valence-corrected chi connectivity index (χ0v) is 13.5. The summed E-state index contributed by atoms with van der Waals surface area (Å²) in [6.45, 7) is 0.453. The summed E-state index contributed by atoms with van der Waals surface area (Å²) in [4.78, 5) is 3.80. The van der Waals surface area contributed by atoms with Gasteiger partial charge < -0.3 is 4.74 Å². The number of halogens is 1. The second kappa shape index (κ2) is 5.85. The number of nitrogens with zero attached hydrogens (tertiary/aromatic N) is 2. The van der Waals surface area contributed by atoms with Crippen LogP contribution in [-0.4, -0.2) is 27.1 Å². The minimum absolute atomic E-state index is 0.175. The van der Waals surface area contributed by atoms with Crippen LogP contribution in [0.2, 0.25) is 0 Å². The Morgan fingerprint density at radius 2 is 2.23 bits per heavy atom. The lowest BCUT2D eigenvalue weighted by atomic mass is 10.3. The first-order valence-corrected chi connectivity index (χ1v) is 9.11. The molecule has 0 unspecified atom stereocenters. The van der Waals surface area contributed by atoms with Crippen molar-refractivity contribution in [3.05, 3.63) is 35.6 Å². The molecule has 1 saturated carbocycles. The monoisotopic (exact) mass is 342 g/mol. The van der Waals surface area contributed by atoms with Crippen molar-refractivity contribution < 1.29 is 17.5 Å². The van der Waals surface area contributed by atoms with Crippen LogP contribution < -0.4 is 9.04 Å². The summed E-state index contributed by atoms with van der Waals surface area (Å²) in [5.74, 6) is 0.0268. The fourth-order valence-corrected chi connectivity index (χ4v) is 4.04. The molecular weight excluding hydrogens is 327 g/mol. The van der Waals surface area contributed by atoms with Gasteiger partial charge in [0.15, 0.2) is 5.13 Å². The standard InChI is InChI=1S/C14H15FN2O3S2/c1-17(14-16-6-7-21-14)22(18,19)13-8-11(15)4-5-12(13)20-9-10-2-3-10/h4-8,10H,2-3,9H2,1H3. The number of benzene rings is 1. The summed E-state index contributed by atoms with van der Waals surface area (Å²) in [5, 5.41) is 2.00. The molecule has 1 aromatic carbocycles. The molecular formula is C14H15FN2O3S2. The Balaban J connectivity index is 1.95. The van der Waals surface area contributed by atoms with Crippen LogP contribution in [0, 0.1) is 11.7 Å². The predicted octanol–water partition coefficient (Wildman–Crippen LogP) is 2.90. The average molecular weight is 342 g/mol. The highest BCUT2D eigenvalue weighted by Crippen LogP contribution is 2.33. The maximum atomic E-state index is 13.5. The maximum Gasteiger partial charge on any atom is 0.269 e. The summed E-state index contributed by atoms with van der Waals surface area (Å²) in [6, 6.07) is 3.55. The summed E-state index contributed by atoms with van der Waals surface area (Å²) in [5.41, 5.74) is 0. The van der Waals surface area contributed by atoms with E-state index in [9.17, 15) is 12.8 Å². The molecule has 0 saturated heterocycles. The molecule has 0 radical (unpaired) electrons. The van der Waals surface area contributed by atoms with Gasteiger partial charge in [0, 0.05) is 18.6 Å². The van der Waals surface area contributed by atoms with Crippen LogP contribution in [0.3, 0.4) is 0 Å². The van der Waals surface area contributed by atoms with Crippen LogP contribution in [0.25, 0.3) is 0 Å². The number of aromatic nitrogens is 1. The molecule has 0 N–H and O–H groups in total. The summed E-state index contributed by atoms with van der Waals surface area (Å²) < 4.78 is 45.6. The van der Waals surface area contributed by atoms with Crippen LogP contribution in [0.15, 0.2) is 34.7 Å². The predicted molar refractivity (Wildman–Crippen MR) is 82.3 cm³/mol. The van der Waals surface area contributed by atoms with Gasteiger partial charge >= 0.3 is 0 Å². The van der Waals surface area contributed by atoms with Gasteiger partial charge in [-0.05, 0) is 37.0 Å². The molecule has 0 aliphatic heterocycles. The van der Waals surface area contributed by atoms with E-state index in [-0.39, 0.29) is 10.6 Å². The van der Waals surface area contributed by atoms with Gasteiger partial charge in [-0.25, -0.2) is 22.1 Å². The Morgan fingerprint density at radius 3 is 2.86 bits per heavy atom. The van der Waals surface area contributed by atoms with E-state index in [0.717, 1.165) is 23.2 Å². The number of thiazole rings is 1. The Kier molecular flexibility index (Phi) is 4.05. The van der Waals surface area contributed by atoms with Crippen molar-refractivity contribution in [3.8, 4) is 5.75 Å². The zero-order chi connectivity index (χ0) is 15.7. The molecule has 5 nitrogen and oxygen atoms in total. The van der Waals surface area contributed by atoms with E-state index in [4.69, 9.17) is 4.74 Å². The third-order valence-electron chi connectivity index (χ3n) is 3.40. The third-order valence-corrected chi connectivity index (χ3v) is 6.14. The Labute approximate surface area is 132 Å². The molecule has 2 aromatic rings. The minimum atomic E-state index is -3.93. The van der Waals surface area contributed by atoms with Crippen molar-refractivity contribution in [3.63, 3.8) is 0 Å². The zero-order valence-electron chi connectivity index (χ0n) is 11.9. The van der Waals surface area contributed by atoms with Crippen LogP contribution >= 0.6 is 11.3 Å². The third kappa shape index (κ3) is 3.07. The van der Waals surface area contributed by atoms with Crippen molar-refractivity contribution in [1.82, 2.24) is 4.98 Å². The van der Waals surface area contributed by atoms with E-state index in [2.05, 4.69) is 4.98 Å². The van der Waals surface area contributed by atoms with Crippen LogP contribution in [0.4, 0.5) is 9.52 Å². The quantitative estimate of drug-likeness (QED) is 0.810. The second-order valence-electron chi connectivity index (χ2n) is 5.13. The topological polar surface area (TPSA) is 59.5 Å². The first kappa shape index (κ1) is 15.2. The van der Waals surface area contributed by atoms with Crippen LogP contribution in [0.1, 0.15) is 12.8 Å². The fourth-order valence-electron chi connectivity index (χ4n) is 1.92. The lowest BCUT2D eigenvalue weighted by molar-refractivity contribution is 0.291. The van der Waals surface area contributed by atoms with E-state index < -0.39 is 15.8 Å². The Morgan fingerprint density at radius 1 is 1.45 bits per heavy atom. The van der Waals surface area contributed by atoms with Gasteiger partial charge in [0.1, 0.15) is 16.5 Å². The Hall–Kier alpha value is -1.67. The molecule has 0 amide bonds. The number of ether oxygens (including phenoxy) is 1. The summed E-state index contributed by atoms with van der Waals surface area (Å²) in [6.07, 6.45) is 3.69. The van der Waals surface area contributed by atoms with Gasteiger partial charge in [-0.1, -0.05) is 0 Å². The van der Waals surface area contributed by atoms with E-state index in [0.29, 0.717) is 17.7 Å². The minimum Gasteiger partial charge on any atom is -0.492 e. The van der Waals surface area contributed by atoms with E-state index in [1.165, 1.54) is 36.7 Å². The molecule has 22 heavy (non-hydrogen) atoms. The maximum absolute atomic E-state index is 13.5. The summed E-state index contributed by atoms with van der Waals surface area (Å²) >= 11 is 1.19. The molecule has 1 fully saturated rings. The van der Waals surface area contributed by atoms with Crippen LogP contribution in [-0.2, 0) is 10.0 Å². The highest BCUT2D eigenvalue weighted by atomic mass is 32.2. The van der Waals surface area contributed by atoms with Gasteiger partial charge in [0.25, 0.3) is 10.0 Å². The number of hydrogen-bond acceptors (Lipinski definition) is 5. The lowest BCUT2D eigenvalue weighted by Crippen LogP contribution is -2.27. The number of anilines is 1. The van der Waals surface area contributed by atoms with Gasteiger partial charge in [-0.3, -0.25) is 0 Å². The number of sulfonamides is 1. The average Bonchev–Trinajstić information content (AvgIpc) is 3.16. The fraction of sp³-hybridized carbons (Fsp3) is 0.357. The molecule has 8 heteroatoms. The van der Waals surface area contributed by atoms with Gasteiger partial charge in [-0.2, -0.15) is 0 Å². The molecule has 0 bridgehead atoms. The van der Waals surface area contributed by atoms with Gasteiger partial charge in [-0.15, -0.1) is 11.3 Å². The van der Waals surface area contributed by atoms with Crippen LogP contribution in [0.5, 0.6) is 5.75 Å². The smallest absolute Gasteiger partial charge is 0.269 e. The largest absolute Gasteiger partial charge is 0.492 e. The molecule has 1 aromatic heterocycles. The van der Waals surface area contributed by atoms with Gasteiger partial charge in [0.2, 0.25) is 0 Å². The molecule has 1 aliphatic carbocycles. The van der Waals surface area contributed by atoms with E-state index in [1.807, 2.05) is 0 Å². The SMILES string of the molecule is CN(c1nccs1)S(=O)(=O)c1cc(F)ccc1OCC1CC1. The van der Waals surface area contributed by atoms with Crippen molar-refractivity contribution >= 4 is 26.5 Å². The van der Waals surface area contributed by atoms with Crippen molar-refractivity contribution in [2.75, 3.05) is 18.0 Å². The first-order valence-electron chi connectivity index (χ1n) is 6.79. The molecule has 1 aliphatic rings. The molecule has 3 rings (SSSR count). The first-order chi connectivity index (χ1) is 10.5. The second-order valence-corrected chi connectivity index (χ2v) is 7.94. The van der Waals surface area contributed by atoms with Gasteiger partial charge in [0.05, 0.1) is 6.61 Å².